The number of nitrogens with zero attached hydrogens (tertiary/aromatic N) is 1. The molecule has 0 amide bonds. The van der Waals surface area contributed by atoms with Crippen molar-refractivity contribution in [3.8, 4) is 0 Å². The van der Waals surface area contributed by atoms with Gasteiger partial charge in [-0.25, -0.2) is 13.6 Å². The normalized spacial score (nSPS) is 15.9. The van der Waals surface area contributed by atoms with Crippen molar-refractivity contribution in [3.63, 3.8) is 0 Å². The van der Waals surface area contributed by atoms with Gasteiger partial charge in [0.05, 0.1) is 4.90 Å². The fourth-order valence-corrected chi connectivity index (χ4v) is 4.18. The zero-order valence-electron chi connectivity index (χ0n) is 16.1. The van der Waals surface area contributed by atoms with Crippen molar-refractivity contribution in [1.29, 1.82) is 0 Å². The monoisotopic (exact) mass is 387 g/mol. The fraction of sp³-hybridized carbons (Fsp3) is 0.429. The number of anilines is 1. The topological polar surface area (TPSA) is 75.4 Å². The minimum atomic E-state index is -3.61. The minimum absolute atomic E-state index is 0.165. The van der Waals surface area contributed by atoms with Crippen LogP contribution < -0.4 is 15.4 Å². The summed E-state index contributed by atoms with van der Waals surface area (Å²) in [6.07, 6.45) is 3.15. The number of nitrogens with two attached hydrogens (primary N) is 1. The summed E-state index contributed by atoms with van der Waals surface area (Å²) in [5, 5.41) is 8.77. The molecule has 0 bridgehead atoms. The van der Waals surface area contributed by atoms with E-state index in [0.717, 1.165) is 44.5 Å². The van der Waals surface area contributed by atoms with E-state index < -0.39 is 10.0 Å². The largest absolute Gasteiger partial charge is 0.371 e. The van der Waals surface area contributed by atoms with E-state index in [2.05, 4.69) is 42.3 Å². The lowest BCUT2D eigenvalue weighted by Crippen LogP contribution is -2.43. The van der Waals surface area contributed by atoms with Gasteiger partial charge < -0.3 is 10.2 Å². The number of aryl methyl sites for hydroxylation is 1. The van der Waals surface area contributed by atoms with Gasteiger partial charge in [0, 0.05) is 24.8 Å². The summed E-state index contributed by atoms with van der Waals surface area (Å²) in [7, 11) is -3.61. The van der Waals surface area contributed by atoms with Crippen LogP contribution in [0.25, 0.3) is 0 Å². The van der Waals surface area contributed by atoms with Crippen LogP contribution in [0.5, 0.6) is 0 Å². The van der Waals surface area contributed by atoms with Crippen LogP contribution in [0, 0.1) is 13.8 Å². The zero-order valence-corrected chi connectivity index (χ0v) is 16.9. The number of nitrogens with one attached hydrogen (secondary N) is 1. The second kappa shape index (κ2) is 8.42. The highest BCUT2D eigenvalue weighted by atomic mass is 32.2. The summed E-state index contributed by atoms with van der Waals surface area (Å²) in [5.41, 5.74) is 5.21. The Morgan fingerprint density at radius 1 is 1.07 bits per heavy atom. The molecule has 146 valence electrons. The molecule has 0 unspecified atom stereocenters. The standard InChI is InChI=1S/C21H29N3O2S/c1-16-4-3-5-21(17(16)2)24-14-11-19(12-15-24)23-13-10-18-6-8-20(9-7-18)27(22,25)26/h3-9,19,23H,10-15H2,1-2H3,(H2,22,25,26). The molecule has 3 rings (SSSR count). The average molecular weight is 388 g/mol. The Kier molecular flexibility index (Phi) is 6.19. The summed E-state index contributed by atoms with van der Waals surface area (Å²) >= 11 is 0. The van der Waals surface area contributed by atoms with Gasteiger partial charge in [-0.3, -0.25) is 0 Å². The van der Waals surface area contributed by atoms with Crippen molar-refractivity contribution in [1.82, 2.24) is 5.32 Å². The Morgan fingerprint density at radius 2 is 1.74 bits per heavy atom. The highest BCUT2D eigenvalue weighted by Crippen LogP contribution is 2.25. The number of hydrogen-bond acceptors (Lipinski definition) is 4. The second-order valence-electron chi connectivity index (χ2n) is 7.37. The zero-order chi connectivity index (χ0) is 19.4. The Hall–Kier alpha value is -1.89. The van der Waals surface area contributed by atoms with E-state index in [9.17, 15) is 8.42 Å². The van der Waals surface area contributed by atoms with E-state index in [-0.39, 0.29) is 4.90 Å². The smallest absolute Gasteiger partial charge is 0.238 e. The van der Waals surface area contributed by atoms with Crippen LogP contribution in [0.2, 0.25) is 0 Å². The number of primary sulfonamides is 1. The van der Waals surface area contributed by atoms with E-state index in [4.69, 9.17) is 5.14 Å². The number of rotatable bonds is 6. The summed E-state index contributed by atoms with van der Waals surface area (Å²) in [6.45, 7) is 7.41. The van der Waals surface area contributed by atoms with Crippen LogP contribution in [0.4, 0.5) is 5.69 Å². The lowest BCUT2D eigenvalue weighted by atomic mass is 10.0. The third-order valence-electron chi connectivity index (χ3n) is 5.51. The van der Waals surface area contributed by atoms with Crippen molar-refractivity contribution < 1.29 is 8.42 Å². The van der Waals surface area contributed by atoms with Crippen LogP contribution in [-0.4, -0.2) is 34.1 Å². The lowest BCUT2D eigenvalue weighted by Gasteiger charge is -2.35. The SMILES string of the molecule is Cc1cccc(N2CCC(NCCc3ccc(S(N)(=O)=O)cc3)CC2)c1C. The molecule has 1 heterocycles. The molecule has 1 aliphatic rings. The van der Waals surface area contributed by atoms with Crippen molar-refractivity contribution in [3.05, 3.63) is 59.2 Å². The summed E-state index contributed by atoms with van der Waals surface area (Å²) in [6, 6.07) is 13.9. The first-order valence-electron chi connectivity index (χ1n) is 9.51. The predicted octanol–water partition coefficient (Wildman–Crippen LogP) is 2.75. The van der Waals surface area contributed by atoms with E-state index in [1.807, 2.05) is 12.1 Å². The average Bonchev–Trinajstić information content (AvgIpc) is 2.64. The van der Waals surface area contributed by atoms with Gasteiger partial charge in [0.2, 0.25) is 10.0 Å². The van der Waals surface area contributed by atoms with Gasteiger partial charge in [0.1, 0.15) is 0 Å². The molecular weight excluding hydrogens is 358 g/mol. The Bertz CT molecular complexity index is 871. The molecule has 1 aliphatic heterocycles. The molecule has 6 heteroatoms. The number of sulfonamides is 1. The van der Waals surface area contributed by atoms with E-state index >= 15 is 0 Å². The maximum atomic E-state index is 11.3. The van der Waals surface area contributed by atoms with Gasteiger partial charge >= 0.3 is 0 Å². The molecular formula is C21H29N3O2S. The highest BCUT2D eigenvalue weighted by molar-refractivity contribution is 7.89. The van der Waals surface area contributed by atoms with E-state index in [1.54, 1.807) is 12.1 Å². The number of piperidine rings is 1. The van der Waals surface area contributed by atoms with Crippen molar-refractivity contribution >= 4 is 15.7 Å². The summed E-state index contributed by atoms with van der Waals surface area (Å²) in [5.74, 6) is 0. The Balaban J connectivity index is 1.45. The third kappa shape index (κ3) is 5.09. The highest BCUT2D eigenvalue weighted by Gasteiger charge is 2.20. The maximum absolute atomic E-state index is 11.3. The number of hydrogen-bond donors (Lipinski definition) is 2. The fourth-order valence-electron chi connectivity index (χ4n) is 3.67. The second-order valence-corrected chi connectivity index (χ2v) is 8.93. The first-order valence-corrected chi connectivity index (χ1v) is 11.1. The molecule has 1 fully saturated rings. The molecule has 0 saturated carbocycles. The first kappa shape index (κ1) is 19.9. The Morgan fingerprint density at radius 3 is 2.37 bits per heavy atom. The van der Waals surface area contributed by atoms with Gasteiger partial charge in [-0.15, -0.1) is 0 Å². The van der Waals surface area contributed by atoms with Crippen molar-refractivity contribution in [2.24, 2.45) is 5.14 Å². The van der Waals surface area contributed by atoms with Crippen molar-refractivity contribution in [2.45, 2.75) is 44.0 Å². The Labute approximate surface area is 162 Å². The maximum Gasteiger partial charge on any atom is 0.238 e. The quantitative estimate of drug-likeness (QED) is 0.799. The van der Waals surface area contributed by atoms with Crippen molar-refractivity contribution in [2.75, 3.05) is 24.5 Å². The van der Waals surface area contributed by atoms with E-state index in [1.165, 1.54) is 16.8 Å². The van der Waals surface area contributed by atoms with Gasteiger partial charge in [-0.2, -0.15) is 0 Å². The van der Waals surface area contributed by atoms with Crippen LogP contribution in [0.15, 0.2) is 47.4 Å². The van der Waals surface area contributed by atoms with Gasteiger partial charge in [0.25, 0.3) is 0 Å². The molecule has 0 aromatic heterocycles. The molecule has 0 atom stereocenters. The molecule has 0 spiro atoms. The lowest BCUT2D eigenvalue weighted by molar-refractivity contribution is 0.417. The molecule has 0 radical (unpaired) electrons. The molecule has 2 aromatic carbocycles. The molecule has 27 heavy (non-hydrogen) atoms. The summed E-state index contributed by atoms with van der Waals surface area (Å²) in [4.78, 5) is 2.66. The minimum Gasteiger partial charge on any atom is -0.371 e. The molecule has 3 N–H and O–H groups in total. The van der Waals surface area contributed by atoms with Crippen LogP contribution >= 0.6 is 0 Å². The van der Waals surface area contributed by atoms with Crippen LogP contribution in [0.3, 0.4) is 0 Å². The third-order valence-corrected chi connectivity index (χ3v) is 6.44. The van der Waals surface area contributed by atoms with E-state index in [0.29, 0.717) is 6.04 Å². The first-order chi connectivity index (χ1) is 12.8. The van der Waals surface area contributed by atoms with Crippen LogP contribution in [0.1, 0.15) is 29.5 Å². The molecule has 1 saturated heterocycles. The molecule has 5 nitrogen and oxygen atoms in total. The summed E-state index contributed by atoms with van der Waals surface area (Å²) < 4.78 is 22.6. The molecule has 2 aromatic rings. The van der Waals surface area contributed by atoms with Gasteiger partial charge in [-0.1, -0.05) is 24.3 Å². The van der Waals surface area contributed by atoms with Gasteiger partial charge in [0.15, 0.2) is 0 Å². The molecule has 0 aliphatic carbocycles. The number of benzene rings is 2. The van der Waals surface area contributed by atoms with Crippen LogP contribution in [-0.2, 0) is 16.4 Å². The van der Waals surface area contributed by atoms with Gasteiger partial charge in [-0.05, 0) is 74.5 Å². The predicted molar refractivity (Wildman–Crippen MR) is 111 cm³/mol.